The largest absolute Gasteiger partial charge is 0.494 e. The Balaban J connectivity index is 2.32. The second-order valence-electron chi connectivity index (χ2n) is 6.36. The Morgan fingerprint density at radius 1 is 1.27 bits per heavy atom. The molecule has 5 nitrogen and oxygen atoms in total. The minimum Gasteiger partial charge on any atom is -0.399 e. The van der Waals surface area contributed by atoms with Gasteiger partial charge in [-0.1, -0.05) is 6.07 Å². The van der Waals surface area contributed by atoms with Crippen LogP contribution in [0.25, 0.3) is 0 Å². The third kappa shape index (κ3) is 2.87. The van der Waals surface area contributed by atoms with Crippen molar-refractivity contribution in [2.45, 2.75) is 45.8 Å². The van der Waals surface area contributed by atoms with Gasteiger partial charge in [-0.25, -0.2) is 0 Å². The summed E-state index contributed by atoms with van der Waals surface area (Å²) >= 11 is 0. The number of nitrogens with one attached hydrogen (secondary N) is 1. The van der Waals surface area contributed by atoms with E-state index in [2.05, 4.69) is 11.4 Å². The van der Waals surface area contributed by atoms with E-state index in [1.807, 2.05) is 34.6 Å². The molecule has 1 aromatic rings. The molecule has 0 aromatic heterocycles. The molecule has 116 valence electrons. The summed E-state index contributed by atoms with van der Waals surface area (Å²) in [5, 5.41) is 12.0. The summed E-state index contributed by atoms with van der Waals surface area (Å²) in [4.78, 5) is 11.9. The van der Waals surface area contributed by atoms with Crippen LogP contribution in [-0.4, -0.2) is 30.8 Å². The molecule has 2 rings (SSSR count). The first-order valence-electron chi connectivity index (χ1n) is 7.39. The quantitative estimate of drug-likeness (QED) is 0.861. The number of hydrogen-bond donors (Lipinski definition) is 1. The van der Waals surface area contributed by atoms with Crippen LogP contribution in [0, 0.1) is 11.3 Å². The van der Waals surface area contributed by atoms with Crippen molar-refractivity contribution in [1.29, 1.82) is 5.26 Å². The van der Waals surface area contributed by atoms with Gasteiger partial charge in [0.15, 0.2) is 0 Å². The molecule has 0 atom stereocenters. The van der Waals surface area contributed by atoms with Gasteiger partial charge in [0.1, 0.15) is 0 Å². The number of amides is 1. The van der Waals surface area contributed by atoms with E-state index in [1.54, 1.807) is 18.2 Å². The van der Waals surface area contributed by atoms with Crippen LogP contribution in [-0.2, 0) is 9.31 Å². The van der Waals surface area contributed by atoms with Crippen molar-refractivity contribution >= 4 is 18.5 Å². The summed E-state index contributed by atoms with van der Waals surface area (Å²) in [6.07, 6.45) is 0. The lowest BCUT2D eigenvalue weighted by molar-refractivity contribution is 0.00578. The van der Waals surface area contributed by atoms with E-state index in [1.165, 1.54) is 0 Å². The van der Waals surface area contributed by atoms with Gasteiger partial charge in [0.05, 0.1) is 28.4 Å². The van der Waals surface area contributed by atoms with Crippen LogP contribution in [0.15, 0.2) is 18.2 Å². The maximum absolute atomic E-state index is 11.9. The maximum atomic E-state index is 11.9. The molecule has 0 bridgehead atoms. The first kappa shape index (κ1) is 16.5. The smallest absolute Gasteiger partial charge is 0.399 e. The van der Waals surface area contributed by atoms with E-state index in [-0.39, 0.29) is 5.91 Å². The van der Waals surface area contributed by atoms with Crippen molar-refractivity contribution < 1.29 is 14.1 Å². The molecule has 1 saturated heterocycles. The van der Waals surface area contributed by atoms with Gasteiger partial charge in [0, 0.05) is 6.54 Å². The van der Waals surface area contributed by atoms with Crippen LogP contribution < -0.4 is 10.8 Å². The summed E-state index contributed by atoms with van der Waals surface area (Å²) in [7, 11) is -0.541. The van der Waals surface area contributed by atoms with Crippen LogP contribution in [0.5, 0.6) is 0 Å². The lowest BCUT2D eigenvalue weighted by Crippen LogP contribution is -2.41. The summed E-state index contributed by atoms with van der Waals surface area (Å²) in [5.74, 6) is -0.250. The minimum absolute atomic E-state index is 0.250. The van der Waals surface area contributed by atoms with Crippen LogP contribution in [0.4, 0.5) is 0 Å². The van der Waals surface area contributed by atoms with Gasteiger partial charge in [0.2, 0.25) is 0 Å². The fourth-order valence-electron chi connectivity index (χ4n) is 2.23. The van der Waals surface area contributed by atoms with Gasteiger partial charge in [-0.2, -0.15) is 5.26 Å². The molecule has 1 aromatic carbocycles. The number of nitrogens with zero attached hydrogens (tertiary/aromatic N) is 1. The highest BCUT2D eigenvalue weighted by molar-refractivity contribution is 6.62. The van der Waals surface area contributed by atoms with Crippen LogP contribution in [0.3, 0.4) is 0 Å². The van der Waals surface area contributed by atoms with Gasteiger partial charge < -0.3 is 14.6 Å². The Bertz CT molecular complexity index is 619. The Labute approximate surface area is 131 Å². The minimum atomic E-state index is -0.541. The van der Waals surface area contributed by atoms with E-state index >= 15 is 0 Å². The van der Waals surface area contributed by atoms with E-state index in [4.69, 9.17) is 9.31 Å². The maximum Gasteiger partial charge on any atom is 0.494 e. The molecule has 0 unspecified atom stereocenters. The van der Waals surface area contributed by atoms with Crippen molar-refractivity contribution in [3.63, 3.8) is 0 Å². The number of rotatable bonds is 3. The molecule has 0 spiro atoms. The third-order valence-electron chi connectivity index (χ3n) is 4.27. The summed E-state index contributed by atoms with van der Waals surface area (Å²) in [5.41, 5.74) is 0.539. The highest BCUT2D eigenvalue weighted by atomic mass is 16.7. The summed E-state index contributed by atoms with van der Waals surface area (Å²) in [6.45, 7) is 10.2. The molecule has 1 fully saturated rings. The molecule has 1 heterocycles. The number of carbonyl (C=O) groups is 1. The van der Waals surface area contributed by atoms with E-state index < -0.39 is 18.3 Å². The first-order valence-corrected chi connectivity index (χ1v) is 7.39. The molecule has 0 saturated carbocycles. The lowest BCUT2D eigenvalue weighted by atomic mass is 9.77. The van der Waals surface area contributed by atoms with Crippen LogP contribution in [0.1, 0.15) is 50.5 Å². The highest BCUT2D eigenvalue weighted by Crippen LogP contribution is 2.36. The van der Waals surface area contributed by atoms with Crippen molar-refractivity contribution in [1.82, 2.24) is 5.32 Å². The SMILES string of the molecule is CCNC(=O)c1ccc(B2OC(C)(C)C(C)(C)O2)cc1C#N. The van der Waals surface area contributed by atoms with Crippen LogP contribution in [0.2, 0.25) is 0 Å². The van der Waals surface area contributed by atoms with Gasteiger partial charge in [-0.05, 0) is 52.2 Å². The van der Waals surface area contributed by atoms with Crippen LogP contribution >= 0.6 is 0 Å². The number of benzene rings is 1. The predicted molar refractivity (Wildman–Crippen MR) is 84.9 cm³/mol. The Morgan fingerprint density at radius 2 is 1.86 bits per heavy atom. The highest BCUT2D eigenvalue weighted by Gasteiger charge is 2.51. The van der Waals surface area contributed by atoms with Crippen molar-refractivity contribution in [3.05, 3.63) is 29.3 Å². The molecule has 1 aliphatic rings. The average molecular weight is 300 g/mol. The second-order valence-corrected chi connectivity index (χ2v) is 6.36. The van der Waals surface area contributed by atoms with Crippen molar-refractivity contribution in [3.8, 4) is 6.07 Å². The van der Waals surface area contributed by atoms with Crippen molar-refractivity contribution in [2.75, 3.05) is 6.54 Å². The first-order chi connectivity index (χ1) is 10.2. The zero-order valence-electron chi connectivity index (χ0n) is 13.7. The molecule has 0 radical (unpaired) electrons. The molecule has 0 aliphatic carbocycles. The molecule has 1 amide bonds. The van der Waals surface area contributed by atoms with Gasteiger partial charge >= 0.3 is 7.12 Å². The fraction of sp³-hybridized carbons (Fsp3) is 0.500. The summed E-state index contributed by atoms with van der Waals surface area (Å²) in [6, 6.07) is 7.14. The Hall–Kier alpha value is -1.84. The van der Waals surface area contributed by atoms with Gasteiger partial charge in [-0.15, -0.1) is 0 Å². The fourth-order valence-corrected chi connectivity index (χ4v) is 2.23. The Morgan fingerprint density at radius 3 is 2.36 bits per heavy atom. The summed E-state index contributed by atoms with van der Waals surface area (Å²) < 4.78 is 11.9. The monoisotopic (exact) mass is 300 g/mol. The van der Waals surface area contributed by atoms with Gasteiger partial charge in [-0.3, -0.25) is 4.79 Å². The van der Waals surface area contributed by atoms with E-state index in [9.17, 15) is 10.1 Å². The zero-order valence-corrected chi connectivity index (χ0v) is 13.7. The molecular formula is C16H21BN2O3. The normalized spacial score (nSPS) is 18.8. The van der Waals surface area contributed by atoms with Gasteiger partial charge in [0.25, 0.3) is 5.91 Å². The molecule has 1 N–H and O–H groups in total. The zero-order chi connectivity index (χ0) is 16.5. The predicted octanol–water partition coefficient (Wildman–Crippen LogP) is 1.61. The Kier molecular flexibility index (Phi) is 4.32. The molecule has 22 heavy (non-hydrogen) atoms. The third-order valence-corrected chi connectivity index (χ3v) is 4.27. The van der Waals surface area contributed by atoms with E-state index in [0.717, 1.165) is 5.46 Å². The van der Waals surface area contributed by atoms with E-state index in [0.29, 0.717) is 17.7 Å². The number of hydrogen-bond acceptors (Lipinski definition) is 4. The number of nitriles is 1. The molecule has 1 aliphatic heterocycles. The number of carbonyl (C=O) groups excluding carboxylic acids is 1. The average Bonchev–Trinajstić information content (AvgIpc) is 2.67. The molecule has 6 heteroatoms. The molecular weight excluding hydrogens is 279 g/mol. The van der Waals surface area contributed by atoms with Crippen molar-refractivity contribution in [2.24, 2.45) is 0 Å². The standard InChI is InChI=1S/C16H21BN2O3/c1-6-19-14(20)13-8-7-12(9-11(13)10-18)17-21-15(2,3)16(4,5)22-17/h7-9H,6H2,1-5H3,(H,19,20). The second kappa shape index (κ2) is 5.75. The topological polar surface area (TPSA) is 71.3 Å². The lowest BCUT2D eigenvalue weighted by Gasteiger charge is -2.32.